The number of hydrogen-bond acceptors (Lipinski definition) is 2. The lowest BCUT2D eigenvalue weighted by atomic mass is 9.82. The van der Waals surface area contributed by atoms with E-state index in [4.69, 9.17) is 0 Å². The minimum atomic E-state index is -0.0255. The molecule has 2 aliphatic carbocycles. The van der Waals surface area contributed by atoms with Crippen LogP contribution in [0.4, 0.5) is 0 Å². The maximum absolute atomic E-state index is 12.1. The highest BCUT2D eigenvalue weighted by atomic mass is 79.9. The molecular weight excluding hydrogens is 282 g/mol. The Labute approximate surface area is 108 Å². The van der Waals surface area contributed by atoms with Crippen LogP contribution in [0.15, 0.2) is 10.7 Å². The summed E-state index contributed by atoms with van der Waals surface area (Å²) in [6.45, 7) is 2.26. The van der Waals surface area contributed by atoms with Gasteiger partial charge >= 0.3 is 0 Å². The van der Waals surface area contributed by atoms with Crippen LogP contribution in [0, 0.1) is 5.92 Å². The molecule has 3 aliphatic rings. The summed E-state index contributed by atoms with van der Waals surface area (Å²) in [6.07, 6.45) is 4.68. The van der Waals surface area contributed by atoms with Crippen molar-refractivity contribution < 1.29 is 4.79 Å². The highest BCUT2D eigenvalue weighted by molar-refractivity contribution is 9.10. The predicted molar refractivity (Wildman–Crippen MR) is 65.7 cm³/mol. The van der Waals surface area contributed by atoms with E-state index >= 15 is 0 Å². The van der Waals surface area contributed by atoms with E-state index in [-0.39, 0.29) is 17.0 Å². The largest absolute Gasteiger partial charge is 0.343 e. The molecule has 1 atom stereocenters. The minimum Gasteiger partial charge on any atom is -0.343 e. The number of hydrogen-bond donors (Lipinski definition) is 1. The summed E-state index contributed by atoms with van der Waals surface area (Å²) < 4.78 is 2.74. The summed E-state index contributed by atoms with van der Waals surface area (Å²) in [4.78, 5) is 12.1. The number of aromatic nitrogens is 2. The topological polar surface area (TPSA) is 46.9 Å². The molecule has 0 aromatic carbocycles. The van der Waals surface area contributed by atoms with Gasteiger partial charge in [0.15, 0.2) is 0 Å². The van der Waals surface area contributed by atoms with Crippen molar-refractivity contribution in [3.63, 3.8) is 0 Å². The van der Waals surface area contributed by atoms with Gasteiger partial charge in [-0.25, -0.2) is 0 Å². The van der Waals surface area contributed by atoms with Crippen LogP contribution in [0.2, 0.25) is 0 Å². The quantitative estimate of drug-likeness (QED) is 0.862. The third-order valence-electron chi connectivity index (χ3n) is 4.80. The van der Waals surface area contributed by atoms with Crippen LogP contribution in [0.1, 0.15) is 43.1 Å². The van der Waals surface area contributed by atoms with Crippen molar-refractivity contribution >= 4 is 21.8 Å². The van der Waals surface area contributed by atoms with Gasteiger partial charge in [0.2, 0.25) is 0 Å². The summed E-state index contributed by atoms with van der Waals surface area (Å²) in [5.41, 5.74) is 0.648. The third-order valence-corrected chi connectivity index (χ3v) is 5.18. The minimum absolute atomic E-state index is 0.0241. The van der Waals surface area contributed by atoms with Crippen molar-refractivity contribution in [1.82, 2.24) is 15.1 Å². The normalized spacial score (nSPS) is 33.4. The first-order valence-electron chi connectivity index (χ1n) is 6.15. The number of halogens is 1. The summed E-state index contributed by atoms with van der Waals surface area (Å²) in [7, 11) is 0. The van der Waals surface area contributed by atoms with Crippen LogP contribution in [-0.2, 0) is 5.54 Å². The number of rotatable bonds is 1. The number of carbonyl (C=O) groups is 1. The molecule has 90 valence electrons. The molecule has 1 N–H and O–H groups in total. The number of fused-ring (bicyclic) bond motifs is 1. The van der Waals surface area contributed by atoms with Crippen LogP contribution in [0.5, 0.6) is 0 Å². The van der Waals surface area contributed by atoms with E-state index in [0.29, 0.717) is 11.6 Å². The molecule has 1 spiro atoms. The first kappa shape index (κ1) is 10.1. The molecule has 0 bridgehead atoms. The van der Waals surface area contributed by atoms with E-state index in [0.717, 1.165) is 17.4 Å². The zero-order chi connectivity index (χ0) is 11.8. The lowest BCUT2D eigenvalue weighted by Gasteiger charge is -2.43. The Kier molecular flexibility index (Phi) is 1.65. The Morgan fingerprint density at radius 1 is 1.53 bits per heavy atom. The first-order chi connectivity index (χ1) is 8.07. The van der Waals surface area contributed by atoms with Gasteiger partial charge in [-0.05, 0) is 54.5 Å². The Morgan fingerprint density at radius 3 is 2.82 bits per heavy atom. The van der Waals surface area contributed by atoms with E-state index < -0.39 is 0 Å². The zero-order valence-corrected chi connectivity index (χ0v) is 11.2. The van der Waals surface area contributed by atoms with E-state index in [9.17, 15) is 4.79 Å². The van der Waals surface area contributed by atoms with Crippen molar-refractivity contribution in [1.29, 1.82) is 0 Å². The SMILES string of the molecule is CC1(C2CC2)n2nc(Br)cc2C(=O)NC12CC2. The fourth-order valence-electron chi connectivity index (χ4n) is 3.44. The van der Waals surface area contributed by atoms with Gasteiger partial charge in [-0.2, -0.15) is 5.10 Å². The van der Waals surface area contributed by atoms with Gasteiger partial charge in [0.25, 0.3) is 5.91 Å². The Morgan fingerprint density at radius 2 is 2.24 bits per heavy atom. The lowest BCUT2D eigenvalue weighted by molar-refractivity contribution is 0.0688. The summed E-state index contributed by atoms with van der Waals surface area (Å²) >= 11 is 3.39. The van der Waals surface area contributed by atoms with Gasteiger partial charge in [-0.3, -0.25) is 9.48 Å². The van der Waals surface area contributed by atoms with Gasteiger partial charge in [-0.15, -0.1) is 0 Å². The van der Waals surface area contributed by atoms with Crippen molar-refractivity contribution in [2.45, 2.75) is 43.7 Å². The molecule has 1 unspecified atom stereocenters. The predicted octanol–water partition coefficient (Wildman–Crippen LogP) is 2.05. The molecule has 1 aliphatic heterocycles. The second-order valence-electron chi connectivity index (χ2n) is 5.72. The van der Waals surface area contributed by atoms with Crippen molar-refractivity contribution in [2.75, 3.05) is 0 Å². The van der Waals surface area contributed by atoms with Crippen molar-refractivity contribution in [3.05, 3.63) is 16.4 Å². The van der Waals surface area contributed by atoms with Gasteiger partial charge in [0.05, 0.1) is 11.1 Å². The molecule has 2 heterocycles. The highest BCUT2D eigenvalue weighted by Gasteiger charge is 2.67. The summed E-state index contributed by atoms with van der Waals surface area (Å²) in [5, 5.41) is 7.75. The Balaban J connectivity index is 1.96. The molecular formula is C12H14BrN3O. The maximum Gasteiger partial charge on any atom is 0.270 e. The molecule has 17 heavy (non-hydrogen) atoms. The van der Waals surface area contributed by atoms with E-state index in [2.05, 4.69) is 33.3 Å². The standard InChI is InChI=1S/C12H14BrN3O/c1-11(7-2-3-7)12(4-5-12)14-10(17)8-6-9(13)15-16(8)11/h6-7H,2-5H2,1H3,(H,14,17). The molecule has 0 radical (unpaired) electrons. The molecule has 2 saturated carbocycles. The van der Waals surface area contributed by atoms with E-state index in [1.54, 1.807) is 0 Å². The third kappa shape index (κ3) is 1.09. The molecule has 4 nitrogen and oxygen atoms in total. The first-order valence-corrected chi connectivity index (χ1v) is 6.95. The maximum atomic E-state index is 12.1. The van der Waals surface area contributed by atoms with Crippen LogP contribution in [0.25, 0.3) is 0 Å². The van der Waals surface area contributed by atoms with Crippen molar-refractivity contribution in [3.8, 4) is 0 Å². The van der Waals surface area contributed by atoms with Gasteiger partial charge in [-0.1, -0.05) is 0 Å². The molecule has 1 aromatic heterocycles. The molecule has 1 amide bonds. The van der Waals surface area contributed by atoms with Gasteiger partial charge in [0.1, 0.15) is 10.3 Å². The number of nitrogens with one attached hydrogen (secondary N) is 1. The number of amides is 1. The lowest BCUT2D eigenvalue weighted by Crippen LogP contribution is -2.61. The smallest absolute Gasteiger partial charge is 0.270 e. The monoisotopic (exact) mass is 295 g/mol. The van der Waals surface area contributed by atoms with Crippen LogP contribution in [0.3, 0.4) is 0 Å². The number of nitrogens with zero attached hydrogens (tertiary/aromatic N) is 2. The molecule has 4 rings (SSSR count). The summed E-state index contributed by atoms with van der Waals surface area (Å²) in [5.74, 6) is 0.690. The van der Waals surface area contributed by atoms with E-state index in [1.807, 2.05) is 10.7 Å². The van der Waals surface area contributed by atoms with Crippen LogP contribution >= 0.6 is 15.9 Å². The van der Waals surface area contributed by atoms with Gasteiger partial charge in [0, 0.05) is 6.07 Å². The van der Waals surface area contributed by atoms with Crippen molar-refractivity contribution in [2.24, 2.45) is 5.92 Å². The highest BCUT2D eigenvalue weighted by Crippen LogP contribution is 2.60. The van der Waals surface area contributed by atoms with Gasteiger partial charge < -0.3 is 5.32 Å². The molecule has 1 aromatic rings. The van der Waals surface area contributed by atoms with Crippen LogP contribution < -0.4 is 5.32 Å². The molecule has 0 saturated heterocycles. The van der Waals surface area contributed by atoms with E-state index in [1.165, 1.54) is 12.8 Å². The summed E-state index contributed by atoms with van der Waals surface area (Å²) in [6, 6.07) is 1.82. The zero-order valence-electron chi connectivity index (χ0n) is 9.66. The Hall–Kier alpha value is -0.840. The Bertz CT molecular complexity index is 530. The fourth-order valence-corrected chi connectivity index (χ4v) is 3.82. The number of carbonyl (C=O) groups excluding carboxylic acids is 1. The average Bonchev–Trinajstić information content (AvgIpc) is 3.15. The second kappa shape index (κ2) is 2.76. The second-order valence-corrected chi connectivity index (χ2v) is 6.53. The van der Waals surface area contributed by atoms with Crippen LogP contribution in [-0.4, -0.2) is 21.2 Å². The molecule has 5 heteroatoms. The fraction of sp³-hybridized carbons (Fsp3) is 0.667. The molecule has 2 fully saturated rings. The average molecular weight is 296 g/mol.